The first kappa shape index (κ1) is 18.9. The molecule has 3 aromatic rings. The van der Waals surface area contributed by atoms with Crippen LogP contribution >= 0.6 is 0 Å². The molecule has 0 amide bonds. The molecule has 3 rings (SSSR count). The third kappa shape index (κ3) is 4.11. The predicted molar refractivity (Wildman–Crippen MR) is 106 cm³/mol. The minimum atomic E-state index is -0.0895. The number of rotatable bonds is 7. The Morgan fingerprint density at radius 3 is 2.48 bits per heavy atom. The van der Waals surface area contributed by atoms with Gasteiger partial charge in [-0.1, -0.05) is 12.1 Å². The summed E-state index contributed by atoms with van der Waals surface area (Å²) >= 11 is 0. The quantitative estimate of drug-likeness (QED) is 0.668. The maximum absolute atomic E-state index is 12.3. The fourth-order valence-electron chi connectivity index (χ4n) is 3.25. The van der Waals surface area contributed by atoms with E-state index in [0.29, 0.717) is 17.8 Å². The van der Waals surface area contributed by atoms with Crippen molar-refractivity contribution in [3.8, 4) is 11.5 Å². The van der Waals surface area contributed by atoms with E-state index in [2.05, 4.69) is 23.8 Å². The van der Waals surface area contributed by atoms with Crippen molar-refractivity contribution in [2.24, 2.45) is 0 Å². The Hall–Kier alpha value is -2.86. The average Bonchev–Trinajstić information content (AvgIpc) is 2.68. The molecule has 6 nitrogen and oxygen atoms in total. The van der Waals surface area contributed by atoms with Gasteiger partial charge in [0.25, 0.3) is 5.56 Å². The molecule has 2 N–H and O–H groups in total. The molecule has 0 fully saturated rings. The number of fused-ring (bicyclic) bond motifs is 1. The summed E-state index contributed by atoms with van der Waals surface area (Å²) in [5.74, 6) is 2.16. The van der Waals surface area contributed by atoms with Gasteiger partial charge in [0, 0.05) is 5.56 Å². The Kier molecular flexibility index (Phi) is 5.76. The normalized spacial score (nSPS) is 12.1. The molecule has 142 valence electrons. The van der Waals surface area contributed by atoms with E-state index in [9.17, 15) is 4.79 Å². The summed E-state index contributed by atoms with van der Waals surface area (Å²) in [6, 6.07) is 11.4. The Balaban J connectivity index is 1.85. The summed E-state index contributed by atoms with van der Waals surface area (Å²) in [5.41, 5.74) is 2.98. The minimum Gasteiger partial charge on any atom is -0.493 e. The number of aromatic amines is 1. The number of ether oxygens (including phenoxy) is 2. The molecule has 0 aliphatic heterocycles. The van der Waals surface area contributed by atoms with E-state index in [4.69, 9.17) is 9.47 Å². The summed E-state index contributed by atoms with van der Waals surface area (Å²) in [7, 11) is 3.29. The van der Waals surface area contributed by atoms with Gasteiger partial charge in [0.15, 0.2) is 17.3 Å². The van der Waals surface area contributed by atoms with Crippen molar-refractivity contribution in [1.29, 1.82) is 0 Å². The Morgan fingerprint density at radius 2 is 1.78 bits per heavy atom. The summed E-state index contributed by atoms with van der Waals surface area (Å²) in [6.07, 6.45) is 0. The Labute approximate surface area is 158 Å². The van der Waals surface area contributed by atoms with E-state index in [0.717, 1.165) is 35.7 Å². The van der Waals surface area contributed by atoms with Gasteiger partial charge in [-0.05, 0) is 43.7 Å². The molecule has 0 radical (unpaired) electrons. The van der Waals surface area contributed by atoms with Gasteiger partial charge in [-0.2, -0.15) is 0 Å². The fourth-order valence-corrected chi connectivity index (χ4v) is 3.25. The van der Waals surface area contributed by atoms with Gasteiger partial charge in [-0.3, -0.25) is 4.79 Å². The van der Waals surface area contributed by atoms with Crippen molar-refractivity contribution in [3.05, 3.63) is 63.7 Å². The minimum absolute atomic E-state index is 0.0895. The standard InChI is InChI=1S/C21H25N3O3/c1-5-24(12-15-11-19(27-4)18(26-3)10-14(15)2)13-20-22-17-9-7-6-8-16(17)21(25)23-20/h6-11H,5,12-13H2,1-4H3,(H,22,23,25)/p+1. The van der Waals surface area contributed by atoms with Crippen LogP contribution in [0.15, 0.2) is 41.2 Å². The zero-order valence-corrected chi connectivity index (χ0v) is 16.3. The van der Waals surface area contributed by atoms with Gasteiger partial charge in [0.2, 0.25) is 0 Å². The zero-order valence-electron chi connectivity index (χ0n) is 16.3. The first-order chi connectivity index (χ1) is 13.0. The third-order valence-corrected chi connectivity index (χ3v) is 4.86. The molecule has 0 bridgehead atoms. The molecule has 0 saturated carbocycles. The van der Waals surface area contributed by atoms with Gasteiger partial charge in [0.1, 0.15) is 13.1 Å². The van der Waals surface area contributed by atoms with Gasteiger partial charge in [-0.25, -0.2) is 4.98 Å². The predicted octanol–water partition coefficient (Wildman–Crippen LogP) is 1.85. The maximum atomic E-state index is 12.3. The molecule has 1 aromatic heterocycles. The van der Waals surface area contributed by atoms with Crippen LogP contribution in [0.3, 0.4) is 0 Å². The van der Waals surface area contributed by atoms with Crippen molar-refractivity contribution in [2.75, 3.05) is 20.8 Å². The molecule has 6 heteroatoms. The van der Waals surface area contributed by atoms with E-state index in [-0.39, 0.29) is 5.56 Å². The molecule has 27 heavy (non-hydrogen) atoms. The van der Waals surface area contributed by atoms with E-state index in [1.165, 1.54) is 10.5 Å². The first-order valence-electron chi connectivity index (χ1n) is 9.08. The lowest BCUT2D eigenvalue weighted by molar-refractivity contribution is -0.926. The van der Waals surface area contributed by atoms with Gasteiger partial charge >= 0.3 is 0 Å². The SMILES string of the molecule is CC[NH+](Cc1nc2ccccc2c(=O)[nH]1)Cc1cc(OC)c(OC)cc1C. The molecule has 1 unspecified atom stereocenters. The molecular weight excluding hydrogens is 342 g/mol. The number of nitrogens with one attached hydrogen (secondary N) is 2. The summed E-state index contributed by atoms with van der Waals surface area (Å²) in [5, 5.41) is 0.620. The summed E-state index contributed by atoms with van der Waals surface area (Å²) in [6.45, 7) is 6.55. The second-order valence-electron chi connectivity index (χ2n) is 6.62. The number of aryl methyl sites for hydroxylation is 1. The molecule has 0 saturated heterocycles. The summed E-state index contributed by atoms with van der Waals surface area (Å²) < 4.78 is 10.8. The van der Waals surface area contributed by atoms with E-state index in [1.807, 2.05) is 30.3 Å². The number of aromatic nitrogens is 2. The lowest BCUT2D eigenvalue weighted by atomic mass is 10.1. The highest BCUT2D eigenvalue weighted by molar-refractivity contribution is 5.77. The van der Waals surface area contributed by atoms with Crippen LogP contribution in [0.5, 0.6) is 11.5 Å². The average molecular weight is 368 g/mol. The highest BCUT2D eigenvalue weighted by Gasteiger charge is 2.16. The van der Waals surface area contributed by atoms with Gasteiger partial charge in [0.05, 0.1) is 31.7 Å². The number of hydrogen-bond donors (Lipinski definition) is 2. The van der Waals surface area contributed by atoms with Crippen LogP contribution in [0.1, 0.15) is 23.9 Å². The van der Waals surface area contributed by atoms with Crippen molar-refractivity contribution < 1.29 is 14.4 Å². The molecule has 1 atom stereocenters. The second-order valence-corrected chi connectivity index (χ2v) is 6.62. The van der Waals surface area contributed by atoms with E-state index >= 15 is 0 Å². The Bertz CT molecular complexity index is 998. The van der Waals surface area contributed by atoms with E-state index in [1.54, 1.807) is 20.3 Å². The van der Waals surface area contributed by atoms with Gasteiger partial charge in [-0.15, -0.1) is 0 Å². The summed E-state index contributed by atoms with van der Waals surface area (Å²) in [4.78, 5) is 21.1. The highest BCUT2D eigenvalue weighted by Crippen LogP contribution is 2.29. The van der Waals surface area contributed by atoms with Crippen LogP contribution < -0.4 is 19.9 Å². The molecule has 1 heterocycles. The van der Waals surface area contributed by atoms with Crippen LogP contribution in [0, 0.1) is 6.92 Å². The number of para-hydroxylation sites is 1. The number of quaternary nitrogens is 1. The highest BCUT2D eigenvalue weighted by atomic mass is 16.5. The van der Waals surface area contributed by atoms with Crippen LogP contribution in [-0.2, 0) is 13.1 Å². The lowest BCUT2D eigenvalue weighted by Gasteiger charge is -2.19. The zero-order chi connectivity index (χ0) is 19.4. The molecule has 0 spiro atoms. The third-order valence-electron chi connectivity index (χ3n) is 4.86. The number of benzene rings is 2. The van der Waals surface area contributed by atoms with Crippen LogP contribution in [0.25, 0.3) is 10.9 Å². The fraction of sp³-hybridized carbons (Fsp3) is 0.333. The smallest absolute Gasteiger partial charge is 0.258 e. The van der Waals surface area contributed by atoms with Gasteiger partial charge < -0.3 is 19.4 Å². The second kappa shape index (κ2) is 8.22. The van der Waals surface area contributed by atoms with Crippen molar-refractivity contribution in [1.82, 2.24) is 9.97 Å². The van der Waals surface area contributed by atoms with E-state index < -0.39 is 0 Å². The Morgan fingerprint density at radius 1 is 1.07 bits per heavy atom. The van der Waals surface area contributed by atoms with Crippen LogP contribution in [0.2, 0.25) is 0 Å². The molecule has 0 aliphatic rings. The van der Waals surface area contributed by atoms with Crippen molar-refractivity contribution in [2.45, 2.75) is 26.9 Å². The lowest BCUT2D eigenvalue weighted by Crippen LogP contribution is -3.09. The maximum Gasteiger partial charge on any atom is 0.258 e. The largest absolute Gasteiger partial charge is 0.493 e. The van der Waals surface area contributed by atoms with Crippen LogP contribution in [-0.4, -0.2) is 30.7 Å². The topological polar surface area (TPSA) is 68.7 Å². The van der Waals surface area contributed by atoms with Crippen LogP contribution in [0.4, 0.5) is 0 Å². The molecular formula is C21H26N3O3+. The number of nitrogens with zero attached hydrogens (tertiary/aromatic N) is 1. The monoisotopic (exact) mass is 368 g/mol. The molecule has 0 aliphatic carbocycles. The first-order valence-corrected chi connectivity index (χ1v) is 9.08. The number of methoxy groups -OCH3 is 2. The number of H-pyrrole nitrogens is 1. The molecule has 2 aromatic carbocycles. The van der Waals surface area contributed by atoms with Crippen molar-refractivity contribution >= 4 is 10.9 Å². The number of hydrogen-bond acceptors (Lipinski definition) is 4. The van der Waals surface area contributed by atoms with Crippen molar-refractivity contribution in [3.63, 3.8) is 0 Å².